The summed E-state index contributed by atoms with van der Waals surface area (Å²) in [6.07, 6.45) is 4.14. The molecule has 7 heteroatoms. The second-order valence-electron chi connectivity index (χ2n) is 5.98. The molecule has 1 amide bonds. The van der Waals surface area contributed by atoms with Gasteiger partial charge in [-0.05, 0) is 30.7 Å². The fraction of sp³-hybridized carbons (Fsp3) is 0.278. The number of benzene rings is 1. The van der Waals surface area contributed by atoms with E-state index >= 15 is 0 Å². The van der Waals surface area contributed by atoms with Crippen molar-refractivity contribution >= 4 is 34.6 Å². The highest BCUT2D eigenvalue weighted by Crippen LogP contribution is 2.25. The van der Waals surface area contributed by atoms with Gasteiger partial charge in [0.1, 0.15) is 5.52 Å². The van der Waals surface area contributed by atoms with Crippen LogP contribution in [0.1, 0.15) is 16.8 Å². The smallest absolute Gasteiger partial charge is 0.298 e. The van der Waals surface area contributed by atoms with E-state index in [9.17, 15) is 4.79 Å². The Labute approximate surface area is 150 Å². The number of aromatic nitrogens is 2. The molecule has 0 N–H and O–H groups in total. The molecule has 3 heterocycles. The zero-order valence-corrected chi connectivity index (χ0v) is 14.3. The number of hydrogen-bond donors (Lipinski definition) is 0. The van der Waals surface area contributed by atoms with Crippen LogP contribution >= 0.6 is 11.6 Å². The van der Waals surface area contributed by atoms with Crippen LogP contribution in [0.15, 0.2) is 47.1 Å². The second-order valence-corrected chi connectivity index (χ2v) is 6.41. The quantitative estimate of drug-likeness (QED) is 0.705. The zero-order valence-electron chi connectivity index (χ0n) is 13.6. The first-order valence-corrected chi connectivity index (χ1v) is 8.59. The van der Waals surface area contributed by atoms with Gasteiger partial charge in [-0.25, -0.2) is 0 Å². The number of rotatable bonds is 2. The third-order valence-electron chi connectivity index (χ3n) is 4.32. The summed E-state index contributed by atoms with van der Waals surface area (Å²) in [5.74, 6) is 0.0357. The molecule has 0 bridgehead atoms. The first-order valence-electron chi connectivity index (χ1n) is 8.21. The van der Waals surface area contributed by atoms with E-state index in [1.807, 2.05) is 11.0 Å². The maximum Gasteiger partial charge on any atom is 0.298 e. The molecule has 2 aromatic heterocycles. The molecule has 1 aliphatic rings. The lowest BCUT2D eigenvalue weighted by atomic mass is 10.2. The summed E-state index contributed by atoms with van der Waals surface area (Å²) in [4.78, 5) is 25.0. The SMILES string of the molecule is O=C(c1ccncc1)N1CCCN(c2nc3ccc(Cl)cc3o2)CC1. The van der Waals surface area contributed by atoms with E-state index in [0.717, 1.165) is 18.5 Å². The highest BCUT2D eigenvalue weighted by molar-refractivity contribution is 6.31. The Hall–Kier alpha value is -2.60. The predicted octanol–water partition coefficient (Wildman–Crippen LogP) is 3.23. The average molecular weight is 357 g/mol. The van der Waals surface area contributed by atoms with Gasteiger partial charge in [0.15, 0.2) is 5.58 Å². The fourth-order valence-corrected chi connectivity index (χ4v) is 3.17. The van der Waals surface area contributed by atoms with Crippen LogP contribution in [0.4, 0.5) is 6.01 Å². The number of oxazole rings is 1. The Bertz CT molecular complexity index is 896. The summed E-state index contributed by atoms with van der Waals surface area (Å²) >= 11 is 6.00. The molecule has 1 aromatic carbocycles. The van der Waals surface area contributed by atoms with Crippen molar-refractivity contribution in [2.75, 3.05) is 31.1 Å². The lowest BCUT2D eigenvalue weighted by Gasteiger charge is -2.21. The number of carbonyl (C=O) groups is 1. The van der Waals surface area contributed by atoms with E-state index in [0.29, 0.717) is 41.8 Å². The Morgan fingerprint density at radius 1 is 1.08 bits per heavy atom. The topological polar surface area (TPSA) is 62.5 Å². The van der Waals surface area contributed by atoms with Crippen LogP contribution < -0.4 is 4.90 Å². The molecular formula is C18H17ClN4O2. The van der Waals surface area contributed by atoms with Crippen LogP contribution in [-0.4, -0.2) is 47.0 Å². The lowest BCUT2D eigenvalue weighted by Crippen LogP contribution is -2.35. The third-order valence-corrected chi connectivity index (χ3v) is 4.56. The van der Waals surface area contributed by atoms with Gasteiger partial charge in [0.2, 0.25) is 0 Å². The summed E-state index contributed by atoms with van der Waals surface area (Å²) in [5, 5.41) is 0.625. The van der Waals surface area contributed by atoms with E-state index in [2.05, 4.69) is 14.9 Å². The first kappa shape index (κ1) is 15.9. The molecule has 0 unspecified atom stereocenters. The van der Waals surface area contributed by atoms with Gasteiger partial charge < -0.3 is 14.2 Å². The number of pyridine rings is 1. The Balaban J connectivity index is 1.49. The average Bonchev–Trinajstić information content (AvgIpc) is 2.89. The van der Waals surface area contributed by atoms with Crippen molar-refractivity contribution < 1.29 is 9.21 Å². The van der Waals surface area contributed by atoms with Crippen LogP contribution in [0.2, 0.25) is 5.02 Å². The van der Waals surface area contributed by atoms with E-state index in [1.165, 1.54) is 0 Å². The molecule has 128 valence electrons. The van der Waals surface area contributed by atoms with Crippen molar-refractivity contribution in [2.24, 2.45) is 0 Å². The second kappa shape index (κ2) is 6.72. The molecule has 4 rings (SSSR count). The predicted molar refractivity (Wildman–Crippen MR) is 96.0 cm³/mol. The summed E-state index contributed by atoms with van der Waals surface area (Å²) in [6, 6.07) is 9.49. The number of nitrogens with zero attached hydrogens (tertiary/aromatic N) is 4. The molecular weight excluding hydrogens is 340 g/mol. The molecule has 6 nitrogen and oxygen atoms in total. The van der Waals surface area contributed by atoms with Gasteiger partial charge in [0.05, 0.1) is 0 Å². The van der Waals surface area contributed by atoms with Gasteiger partial charge in [0.25, 0.3) is 11.9 Å². The minimum Gasteiger partial charge on any atom is -0.423 e. The summed E-state index contributed by atoms with van der Waals surface area (Å²) in [6.45, 7) is 2.81. The van der Waals surface area contributed by atoms with Crippen LogP contribution in [0.25, 0.3) is 11.1 Å². The van der Waals surface area contributed by atoms with Gasteiger partial charge in [-0.15, -0.1) is 0 Å². The Morgan fingerprint density at radius 3 is 2.76 bits per heavy atom. The molecule has 3 aromatic rings. The number of hydrogen-bond acceptors (Lipinski definition) is 5. The fourth-order valence-electron chi connectivity index (χ4n) is 3.01. The minimum atomic E-state index is 0.0357. The summed E-state index contributed by atoms with van der Waals surface area (Å²) < 4.78 is 5.84. The van der Waals surface area contributed by atoms with Crippen molar-refractivity contribution in [3.63, 3.8) is 0 Å². The standard InChI is InChI=1S/C18H17ClN4O2/c19-14-2-3-15-16(12-14)25-18(21-15)23-9-1-8-22(10-11-23)17(24)13-4-6-20-7-5-13/h2-7,12H,1,8-11H2. The molecule has 1 fully saturated rings. The van der Waals surface area contributed by atoms with Gasteiger partial charge >= 0.3 is 0 Å². The number of carbonyl (C=O) groups excluding carboxylic acids is 1. The maximum absolute atomic E-state index is 12.6. The van der Waals surface area contributed by atoms with Crippen molar-refractivity contribution in [1.82, 2.24) is 14.9 Å². The zero-order chi connectivity index (χ0) is 17.2. The summed E-state index contributed by atoms with van der Waals surface area (Å²) in [5.41, 5.74) is 2.13. The van der Waals surface area contributed by atoms with E-state index in [4.69, 9.17) is 16.0 Å². The van der Waals surface area contributed by atoms with E-state index in [1.54, 1.807) is 36.7 Å². The van der Waals surface area contributed by atoms with Crippen LogP contribution in [0.5, 0.6) is 0 Å². The van der Waals surface area contributed by atoms with E-state index < -0.39 is 0 Å². The minimum absolute atomic E-state index is 0.0357. The molecule has 1 aliphatic heterocycles. The number of halogens is 1. The number of fused-ring (bicyclic) bond motifs is 1. The van der Waals surface area contributed by atoms with Gasteiger partial charge in [-0.3, -0.25) is 9.78 Å². The third kappa shape index (κ3) is 3.30. The monoisotopic (exact) mass is 356 g/mol. The van der Waals surface area contributed by atoms with Crippen molar-refractivity contribution in [2.45, 2.75) is 6.42 Å². The maximum atomic E-state index is 12.6. The molecule has 0 saturated carbocycles. The Morgan fingerprint density at radius 2 is 1.92 bits per heavy atom. The molecule has 0 spiro atoms. The molecule has 0 radical (unpaired) electrons. The number of amides is 1. The highest BCUT2D eigenvalue weighted by Gasteiger charge is 2.22. The molecule has 1 saturated heterocycles. The summed E-state index contributed by atoms with van der Waals surface area (Å²) in [7, 11) is 0. The highest BCUT2D eigenvalue weighted by atomic mass is 35.5. The van der Waals surface area contributed by atoms with Crippen LogP contribution in [0, 0.1) is 0 Å². The van der Waals surface area contributed by atoms with Crippen molar-refractivity contribution in [3.05, 3.63) is 53.3 Å². The molecule has 0 aliphatic carbocycles. The van der Waals surface area contributed by atoms with E-state index in [-0.39, 0.29) is 5.91 Å². The molecule has 0 atom stereocenters. The van der Waals surface area contributed by atoms with Gasteiger partial charge in [-0.1, -0.05) is 11.6 Å². The van der Waals surface area contributed by atoms with Crippen LogP contribution in [0.3, 0.4) is 0 Å². The van der Waals surface area contributed by atoms with Crippen LogP contribution in [-0.2, 0) is 0 Å². The van der Waals surface area contributed by atoms with Gasteiger partial charge in [0, 0.05) is 55.2 Å². The van der Waals surface area contributed by atoms with Crippen molar-refractivity contribution in [1.29, 1.82) is 0 Å². The number of anilines is 1. The first-order chi connectivity index (χ1) is 12.2. The van der Waals surface area contributed by atoms with Gasteiger partial charge in [-0.2, -0.15) is 4.98 Å². The van der Waals surface area contributed by atoms with Crippen molar-refractivity contribution in [3.8, 4) is 0 Å². The normalized spacial score (nSPS) is 15.4. The lowest BCUT2D eigenvalue weighted by molar-refractivity contribution is 0.0767. The Kier molecular flexibility index (Phi) is 4.28. The largest absolute Gasteiger partial charge is 0.423 e. The molecule has 25 heavy (non-hydrogen) atoms.